The summed E-state index contributed by atoms with van der Waals surface area (Å²) in [5.41, 5.74) is 1.81. The molecular formula is C22H20BrN3O5. The number of ether oxygens (including phenoxy) is 2. The van der Waals surface area contributed by atoms with Crippen molar-refractivity contribution in [2.24, 2.45) is 0 Å². The van der Waals surface area contributed by atoms with Crippen LogP contribution in [0.15, 0.2) is 52.5 Å². The van der Waals surface area contributed by atoms with Crippen LogP contribution in [-0.2, 0) is 19.1 Å². The fraction of sp³-hybridized carbons (Fsp3) is 0.182. The zero-order valence-corrected chi connectivity index (χ0v) is 18.5. The van der Waals surface area contributed by atoms with Crippen LogP contribution < -0.4 is 15.4 Å². The summed E-state index contributed by atoms with van der Waals surface area (Å²) in [5.74, 6) is -1.40. The van der Waals surface area contributed by atoms with Crippen LogP contribution in [0.3, 0.4) is 0 Å². The first-order valence-electron chi connectivity index (χ1n) is 9.08. The molecule has 160 valence electrons. The smallest absolute Gasteiger partial charge is 0.349 e. The number of esters is 1. The summed E-state index contributed by atoms with van der Waals surface area (Å²) in [4.78, 5) is 35.9. The molecule has 0 unspecified atom stereocenters. The van der Waals surface area contributed by atoms with Gasteiger partial charge in [0.25, 0.3) is 5.91 Å². The number of amides is 2. The Morgan fingerprint density at radius 1 is 1.13 bits per heavy atom. The standard InChI is InChI=1S/C22H20BrN3O5/c1-14-9-17(23)5-8-19(14)26-20(27)12-25-21(28)13-31-22(29)16(11-24)10-15-3-6-18(30-2)7-4-15/h3-10H,12-13H2,1-2H3,(H,25,28)(H,26,27). The molecule has 0 aliphatic heterocycles. The van der Waals surface area contributed by atoms with E-state index < -0.39 is 24.4 Å². The van der Waals surface area contributed by atoms with Crippen LogP contribution in [0.4, 0.5) is 5.69 Å². The number of nitriles is 1. The number of halogens is 1. The summed E-state index contributed by atoms with van der Waals surface area (Å²) in [5, 5.41) is 14.2. The molecule has 0 saturated heterocycles. The molecule has 0 spiro atoms. The Bertz CT molecular complexity index is 1040. The predicted molar refractivity (Wildman–Crippen MR) is 118 cm³/mol. The molecule has 0 atom stereocenters. The topological polar surface area (TPSA) is 118 Å². The third-order valence-corrected chi connectivity index (χ3v) is 4.50. The van der Waals surface area contributed by atoms with Gasteiger partial charge in [0.15, 0.2) is 6.61 Å². The van der Waals surface area contributed by atoms with Crippen LogP contribution in [0.1, 0.15) is 11.1 Å². The van der Waals surface area contributed by atoms with Gasteiger partial charge in [-0.25, -0.2) is 4.79 Å². The molecule has 0 radical (unpaired) electrons. The zero-order chi connectivity index (χ0) is 22.8. The number of benzene rings is 2. The average Bonchev–Trinajstić information content (AvgIpc) is 2.76. The minimum absolute atomic E-state index is 0.263. The van der Waals surface area contributed by atoms with Gasteiger partial charge in [0.1, 0.15) is 17.4 Å². The van der Waals surface area contributed by atoms with Crippen molar-refractivity contribution in [2.75, 3.05) is 25.6 Å². The number of hydrogen-bond donors (Lipinski definition) is 2. The van der Waals surface area contributed by atoms with E-state index >= 15 is 0 Å². The van der Waals surface area contributed by atoms with Crippen molar-refractivity contribution in [1.29, 1.82) is 5.26 Å². The Balaban J connectivity index is 1.82. The number of rotatable bonds is 8. The fourth-order valence-electron chi connectivity index (χ4n) is 2.40. The number of nitrogens with zero attached hydrogens (tertiary/aromatic N) is 1. The van der Waals surface area contributed by atoms with E-state index in [0.29, 0.717) is 17.0 Å². The van der Waals surface area contributed by atoms with Crippen molar-refractivity contribution >= 4 is 45.5 Å². The van der Waals surface area contributed by atoms with Crippen LogP contribution >= 0.6 is 15.9 Å². The van der Waals surface area contributed by atoms with E-state index in [1.54, 1.807) is 42.5 Å². The van der Waals surface area contributed by atoms with E-state index in [9.17, 15) is 19.6 Å². The molecule has 0 aliphatic rings. The number of carbonyl (C=O) groups is 3. The molecule has 8 nitrogen and oxygen atoms in total. The van der Waals surface area contributed by atoms with Gasteiger partial charge in [0.05, 0.1) is 13.7 Å². The number of methoxy groups -OCH3 is 1. The number of aryl methyl sites for hydroxylation is 1. The molecule has 2 aromatic carbocycles. The summed E-state index contributed by atoms with van der Waals surface area (Å²) < 4.78 is 10.8. The van der Waals surface area contributed by atoms with Crippen LogP contribution in [0.5, 0.6) is 5.75 Å². The third-order valence-electron chi connectivity index (χ3n) is 4.01. The lowest BCUT2D eigenvalue weighted by atomic mass is 10.1. The highest BCUT2D eigenvalue weighted by Crippen LogP contribution is 2.19. The molecule has 2 amide bonds. The van der Waals surface area contributed by atoms with Gasteiger partial charge in [-0.05, 0) is 54.5 Å². The summed E-state index contributed by atoms with van der Waals surface area (Å²) in [6, 6.07) is 13.8. The van der Waals surface area contributed by atoms with Gasteiger partial charge in [-0.1, -0.05) is 28.1 Å². The Kier molecular flexibility index (Phi) is 8.78. The summed E-state index contributed by atoms with van der Waals surface area (Å²) in [7, 11) is 1.53. The molecule has 2 aromatic rings. The number of nitrogens with one attached hydrogen (secondary N) is 2. The maximum atomic E-state index is 12.0. The first kappa shape index (κ1) is 23.6. The van der Waals surface area contributed by atoms with E-state index in [2.05, 4.69) is 26.6 Å². The second-order valence-electron chi connectivity index (χ2n) is 6.30. The lowest BCUT2D eigenvalue weighted by Crippen LogP contribution is -2.35. The number of anilines is 1. The van der Waals surface area contributed by atoms with E-state index in [-0.39, 0.29) is 12.1 Å². The molecule has 0 bridgehead atoms. The van der Waals surface area contributed by atoms with Crippen molar-refractivity contribution in [3.8, 4) is 11.8 Å². The molecule has 2 N–H and O–H groups in total. The minimum Gasteiger partial charge on any atom is -0.497 e. The van der Waals surface area contributed by atoms with Crippen LogP contribution in [0.25, 0.3) is 6.08 Å². The van der Waals surface area contributed by atoms with Crippen LogP contribution in [-0.4, -0.2) is 38.0 Å². The van der Waals surface area contributed by atoms with Crippen LogP contribution in [0.2, 0.25) is 0 Å². The lowest BCUT2D eigenvalue weighted by molar-refractivity contribution is -0.144. The quantitative estimate of drug-likeness (QED) is 0.337. The fourth-order valence-corrected chi connectivity index (χ4v) is 2.88. The highest BCUT2D eigenvalue weighted by molar-refractivity contribution is 9.10. The number of hydrogen-bond acceptors (Lipinski definition) is 6. The van der Waals surface area contributed by atoms with Gasteiger partial charge in [-0.15, -0.1) is 0 Å². The highest BCUT2D eigenvalue weighted by Gasteiger charge is 2.14. The van der Waals surface area contributed by atoms with Gasteiger partial charge in [0.2, 0.25) is 5.91 Å². The van der Waals surface area contributed by atoms with Crippen LogP contribution in [0, 0.1) is 18.3 Å². The highest BCUT2D eigenvalue weighted by atomic mass is 79.9. The third kappa shape index (κ3) is 7.60. The largest absolute Gasteiger partial charge is 0.497 e. The predicted octanol–water partition coefficient (Wildman–Crippen LogP) is 2.97. The maximum absolute atomic E-state index is 12.0. The molecule has 31 heavy (non-hydrogen) atoms. The van der Waals surface area contributed by atoms with Gasteiger partial charge >= 0.3 is 5.97 Å². The molecule has 9 heteroatoms. The van der Waals surface area contributed by atoms with Gasteiger partial charge < -0.3 is 20.1 Å². The maximum Gasteiger partial charge on any atom is 0.349 e. The van der Waals surface area contributed by atoms with E-state index in [1.807, 2.05) is 13.0 Å². The molecule has 2 rings (SSSR count). The van der Waals surface area contributed by atoms with Crippen molar-refractivity contribution in [1.82, 2.24) is 5.32 Å². The first-order chi connectivity index (χ1) is 14.8. The molecule has 0 saturated carbocycles. The molecular weight excluding hydrogens is 466 g/mol. The Labute approximate surface area is 188 Å². The second-order valence-corrected chi connectivity index (χ2v) is 7.22. The van der Waals surface area contributed by atoms with Crippen molar-refractivity contribution in [2.45, 2.75) is 6.92 Å². The Morgan fingerprint density at radius 2 is 1.84 bits per heavy atom. The van der Waals surface area contributed by atoms with E-state index in [0.717, 1.165) is 10.0 Å². The molecule has 0 fully saturated rings. The molecule has 0 aromatic heterocycles. The van der Waals surface area contributed by atoms with Crippen molar-refractivity contribution < 1.29 is 23.9 Å². The monoisotopic (exact) mass is 485 g/mol. The summed E-state index contributed by atoms with van der Waals surface area (Å²) in [6.07, 6.45) is 1.34. The Hall–Kier alpha value is -3.64. The minimum atomic E-state index is -0.941. The molecule has 0 aliphatic carbocycles. The summed E-state index contributed by atoms with van der Waals surface area (Å²) in [6.45, 7) is 0.925. The average molecular weight is 486 g/mol. The normalized spacial score (nSPS) is 10.6. The second kappa shape index (κ2) is 11.5. The van der Waals surface area contributed by atoms with Gasteiger partial charge in [-0.2, -0.15) is 5.26 Å². The van der Waals surface area contributed by atoms with Gasteiger partial charge in [-0.3, -0.25) is 9.59 Å². The zero-order valence-electron chi connectivity index (χ0n) is 16.9. The summed E-state index contributed by atoms with van der Waals surface area (Å²) >= 11 is 3.34. The van der Waals surface area contributed by atoms with Gasteiger partial charge in [0, 0.05) is 10.2 Å². The molecule has 0 heterocycles. The first-order valence-corrected chi connectivity index (χ1v) is 9.87. The van der Waals surface area contributed by atoms with E-state index in [1.165, 1.54) is 13.2 Å². The lowest BCUT2D eigenvalue weighted by Gasteiger charge is -2.10. The van der Waals surface area contributed by atoms with Crippen molar-refractivity contribution in [3.05, 3.63) is 63.6 Å². The number of carbonyl (C=O) groups excluding carboxylic acids is 3. The van der Waals surface area contributed by atoms with E-state index in [4.69, 9.17) is 9.47 Å². The Morgan fingerprint density at radius 3 is 2.45 bits per heavy atom. The van der Waals surface area contributed by atoms with Crippen molar-refractivity contribution in [3.63, 3.8) is 0 Å². The SMILES string of the molecule is COc1ccc(C=C(C#N)C(=O)OCC(=O)NCC(=O)Nc2ccc(Br)cc2C)cc1.